The van der Waals surface area contributed by atoms with Crippen molar-refractivity contribution in [3.05, 3.63) is 0 Å². The molecule has 0 bridgehead atoms. The number of nitrogens with zero attached hydrogens (tertiary/aromatic N) is 2. The first-order valence-electron chi connectivity index (χ1n) is 9.08. The van der Waals surface area contributed by atoms with E-state index >= 15 is 0 Å². The van der Waals surface area contributed by atoms with Crippen molar-refractivity contribution < 1.29 is 4.79 Å². The van der Waals surface area contributed by atoms with Gasteiger partial charge in [0.25, 0.3) is 0 Å². The zero-order chi connectivity index (χ0) is 15.8. The van der Waals surface area contributed by atoms with Crippen molar-refractivity contribution in [1.29, 1.82) is 0 Å². The van der Waals surface area contributed by atoms with E-state index in [0.717, 1.165) is 57.8 Å². The van der Waals surface area contributed by atoms with Crippen LogP contribution in [0.4, 0.5) is 0 Å². The molecule has 0 aromatic heterocycles. The molecule has 0 aromatic carbocycles. The van der Waals surface area contributed by atoms with Gasteiger partial charge in [0.1, 0.15) is 0 Å². The van der Waals surface area contributed by atoms with E-state index in [-0.39, 0.29) is 5.92 Å². The van der Waals surface area contributed by atoms with Crippen LogP contribution in [0.25, 0.3) is 0 Å². The molecular weight excluding hydrogens is 276 g/mol. The number of hydrogen-bond donors (Lipinski definition) is 2. The summed E-state index contributed by atoms with van der Waals surface area (Å²) in [5, 5.41) is 6.77. The Morgan fingerprint density at radius 1 is 1.18 bits per heavy atom. The molecule has 1 aliphatic carbocycles. The molecular formula is C17H32N4O. The molecule has 5 heteroatoms. The highest BCUT2D eigenvalue weighted by Gasteiger charge is 2.31. The summed E-state index contributed by atoms with van der Waals surface area (Å²) >= 11 is 0. The highest BCUT2D eigenvalue weighted by Crippen LogP contribution is 2.26. The van der Waals surface area contributed by atoms with Gasteiger partial charge in [0.05, 0.1) is 0 Å². The summed E-state index contributed by atoms with van der Waals surface area (Å²) in [6.45, 7) is 7.63. The molecule has 1 amide bonds. The van der Waals surface area contributed by atoms with Gasteiger partial charge in [-0.2, -0.15) is 0 Å². The maximum absolute atomic E-state index is 12.6. The van der Waals surface area contributed by atoms with Gasteiger partial charge >= 0.3 is 0 Å². The second-order valence-electron chi connectivity index (χ2n) is 6.51. The van der Waals surface area contributed by atoms with Crippen LogP contribution in [0.1, 0.15) is 58.8 Å². The van der Waals surface area contributed by atoms with E-state index in [0.29, 0.717) is 11.9 Å². The van der Waals surface area contributed by atoms with Crippen molar-refractivity contribution in [2.24, 2.45) is 10.9 Å². The number of likely N-dealkylation sites (tertiary alicyclic amines) is 1. The van der Waals surface area contributed by atoms with E-state index in [4.69, 9.17) is 0 Å². The Bertz CT molecular complexity index is 377. The Balaban J connectivity index is 1.82. The second-order valence-corrected chi connectivity index (χ2v) is 6.51. The zero-order valence-corrected chi connectivity index (χ0v) is 14.2. The second kappa shape index (κ2) is 9.01. The van der Waals surface area contributed by atoms with Gasteiger partial charge in [-0.1, -0.05) is 26.2 Å². The summed E-state index contributed by atoms with van der Waals surface area (Å²) in [6.07, 6.45) is 8.00. The Kier molecular flexibility index (Phi) is 7.00. The Labute approximate surface area is 134 Å². The topological polar surface area (TPSA) is 56.7 Å². The molecule has 0 radical (unpaired) electrons. The number of aliphatic imine (C=N–C) groups is 1. The average Bonchev–Trinajstić information content (AvgIpc) is 3.01. The standard InChI is InChI=1S/C17H32N4O/c1-3-11-19-17(18-4-2)20-15-10-12-21(13-15)16(22)14-8-6-5-7-9-14/h14-15H,3-13H2,1-2H3,(H2,18,19,20). The molecule has 0 aromatic rings. The van der Waals surface area contributed by atoms with Crippen LogP contribution in [0.3, 0.4) is 0 Å². The monoisotopic (exact) mass is 308 g/mol. The molecule has 2 aliphatic rings. The highest BCUT2D eigenvalue weighted by atomic mass is 16.2. The van der Waals surface area contributed by atoms with Crippen LogP contribution >= 0.6 is 0 Å². The summed E-state index contributed by atoms with van der Waals surface area (Å²) in [7, 11) is 0. The van der Waals surface area contributed by atoms with Crippen LogP contribution in [0, 0.1) is 5.92 Å². The first kappa shape index (κ1) is 17.1. The molecule has 1 saturated heterocycles. The molecule has 2 rings (SSSR count). The van der Waals surface area contributed by atoms with Gasteiger partial charge in [-0.25, -0.2) is 0 Å². The molecule has 2 N–H and O–H groups in total. The smallest absolute Gasteiger partial charge is 0.225 e. The van der Waals surface area contributed by atoms with E-state index in [9.17, 15) is 4.79 Å². The predicted octanol–water partition coefficient (Wildman–Crippen LogP) is 2.13. The van der Waals surface area contributed by atoms with E-state index in [1.54, 1.807) is 0 Å². The van der Waals surface area contributed by atoms with Crippen LogP contribution in [0.15, 0.2) is 4.99 Å². The van der Waals surface area contributed by atoms with Crippen LogP contribution in [-0.2, 0) is 4.79 Å². The third-order valence-corrected chi connectivity index (χ3v) is 4.63. The highest BCUT2D eigenvalue weighted by molar-refractivity contribution is 5.81. The van der Waals surface area contributed by atoms with Crippen LogP contribution in [0.5, 0.6) is 0 Å². The Morgan fingerprint density at radius 3 is 2.64 bits per heavy atom. The molecule has 126 valence electrons. The van der Waals surface area contributed by atoms with Crippen molar-refractivity contribution in [1.82, 2.24) is 15.5 Å². The van der Waals surface area contributed by atoms with Crippen molar-refractivity contribution in [3.8, 4) is 0 Å². The van der Waals surface area contributed by atoms with Crippen molar-refractivity contribution in [3.63, 3.8) is 0 Å². The van der Waals surface area contributed by atoms with E-state index in [1.807, 2.05) is 0 Å². The molecule has 1 heterocycles. The SMILES string of the molecule is CCCN=C(NCC)NC1CCN(C(=O)C2CCCCC2)C1. The Morgan fingerprint density at radius 2 is 1.95 bits per heavy atom. The average molecular weight is 308 g/mol. The number of carbonyl (C=O) groups is 1. The lowest BCUT2D eigenvalue weighted by atomic mass is 9.88. The molecule has 0 spiro atoms. The van der Waals surface area contributed by atoms with Gasteiger partial charge < -0.3 is 15.5 Å². The fourth-order valence-corrected chi connectivity index (χ4v) is 3.42. The summed E-state index contributed by atoms with van der Waals surface area (Å²) in [5.41, 5.74) is 0. The number of nitrogens with one attached hydrogen (secondary N) is 2. The minimum atomic E-state index is 0.287. The normalized spacial score (nSPS) is 23.6. The summed E-state index contributed by atoms with van der Waals surface area (Å²) < 4.78 is 0. The number of rotatable bonds is 5. The largest absolute Gasteiger partial charge is 0.357 e. The minimum absolute atomic E-state index is 0.287. The van der Waals surface area contributed by atoms with E-state index in [1.165, 1.54) is 19.3 Å². The number of amides is 1. The number of carbonyl (C=O) groups excluding carboxylic acids is 1. The first-order valence-corrected chi connectivity index (χ1v) is 9.08. The fraction of sp³-hybridized carbons (Fsp3) is 0.882. The van der Waals surface area contributed by atoms with Gasteiger partial charge in [-0.15, -0.1) is 0 Å². The lowest BCUT2D eigenvalue weighted by Gasteiger charge is -2.26. The molecule has 1 saturated carbocycles. The minimum Gasteiger partial charge on any atom is -0.357 e. The fourth-order valence-electron chi connectivity index (χ4n) is 3.42. The third kappa shape index (κ3) is 4.89. The quantitative estimate of drug-likeness (QED) is 0.604. The van der Waals surface area contributed by atoms with Gasteiger partial charge in [-0.3, -0.25) is 9.79 Å². The van der Waals surface area contributed by atoms with Crippen molar-refractivity contribution in [2.75, 3.05) is 26.2 Å². The molecule has 2 fully saturated rings. The van der Waals surface area contributed by atoms with E-state index < -0.39 is 0 Å². The van der Waals surface area contributed by atoms with E-state index in [2.05, 4.69) is 34.4 Å². The predicted molar refractivity (Wildman–Crippen MR) is 91.0 cm³/mol. The van der Waals surface area contributed by atoms with Crippen molar-refractivity contribution >= 4 is 11.9 Å². The molecule has 1 atom stereocenters. The maximum Gasteiger partial charge on any atom is 0.225 e. The van der Waals surface area contributed by atoms with Crippen molar-refractivity contribution in [2.45, 2.75) is 64.8 Å². The molecule has 5 nitrogen and oxygen atoms in total. The summed E-state index contributed by atoms with van der Waals surface area (Å²) in [4.78, 5) is 19.2. The summed E-state index contributed by atoms with van der Waals surface area (Å²) in [5.74, 6) is 1.57. The zero-order valence-electron chi connectivity index (χ0n) is 14.2. The number of hydrogen-bond acceptors (Lipinski definition) is 2. The molecule has 1 aliphatic heterocycles. The van der Waals surface area contributed by atoms with Gasteiger partial charge in [0, 0.05) is 38.1 Å². The summed E-state index contributed by atoms with van der Waals surface area (Å²) in [6, 6.07) is 0.335. The van der Waals surface area contributed by atoms with Crippen LogP contribution in [-0.4, -0.2) is 49.0 Å². The maximum atomic E-state index is 12.6. The van der Waals surface area contributed by atoms with Crippen LogP contribution < -0.4 is 10.6 Å². The third-order valence-electron chi connectivity index (χ3n) is 4.63. The first-order chi connectivity index (χ1) is 10.7. The van der Waals surface area contributed by atoms with Gasteiger partial charge in [-0.05, 0) is 32.6 Å². The van der Waals surface area contributed by atoms with Gasteiger partial charge in [0.2, 0.25) is 5.91 Å². The number of guanidine groups is 1. The van der Waals surface area contributed by atoms with Crippen LogP contribution in [0.2, 0.25) is 0 Å². The Hall–Kier alpha value is -1.26. The lowest BCUT2D eigenvalue weighted by Crippen LogP contribution is -2.45. The van der Waals surface area contributed by atoms with Gasteiger partial charge in [0.15, 0.2) is 5.96 Å². The molecule has 22 heavy (non-hydrogen) atoms. The molecule has 1 unspecified atom stereocenters. The lowest BCUT2D eigenvalue weighted by molar-refractivity contribution is -0.135.